The van der Waals surface area contributed by atoms with Crippen molar-refractivity contribution in [2.45, 2.75) is 25.7 Å². The molecule has 14 heteroatoms. The lowest BCUT2D eigenvalue weighted by Gasteiger charge is -2.20. The molecule has 0 aliphatic rings. The van der Waals surface area contributed by atoms with E-state index in [1.165, 1.54) is 25.1 Å². The van der Waals surface area contributed by atoms with Gasteiger partial charge >= 0.3 is 23.8 Å². The number of nitrogens with zero attached hydrogens (tertiary/aromatic N) is 1. The van der Waals surface area contributed by atoms with Crippen LogP contribution in [0.4, 0.5) is 13.2 Å². The Hall–Kier alpha value is -3.25. The molecule has 0 saturated heterocycles. The van der Waals surface area contributed by atoms with E-state index < -0.39 is 51.0 Å². The smallest absolute Gasteiger partial charge is 0.458 e. The highest BCUT2D eigenvalue weighted by atomic mass is 35.5. The summed E-state index contributed by atoms with van der Waals surface area (Å²) in [5.74, 6) is -3.03. The number of hydrogen-bond acceptors (Lipinski definition) is 8. The minimum atomic E-state index is -4.69. The second kappa shape index (κ2) is 10.8. The molecule has 2 aromatic rings. The van der Waals surface area contributed by atoms with Crippen molar-refractivity contribution in [1.82, 2.24) is 0 Å². The van der Waals surface area contributed by atoms with E-state index in [9.17, 15) is 32.9 Å². The third-order valence-corrected chi connectivity index (χ3v) is 4.58. The van der Waals surface area contributed by atoms with Gasteiger partial charge in [0.25, 0.3) is 0 Å². The quantitative estimate of drug-likeness (QED) is 0.188. The molecule has 0 aliphatic carbocycles. The lowest BCUT2D eigenvalue weighted by molar-refractivity contribution is -0.593. The standard InChI is InChI=1S/C20H16Cl2F3NO8/c1-3-31-16(27)10-32-18(28)19(2,26(29)30)34-13-6-4-5-12(9-13)33-17-14(21)7-11(8-15(17)22)20(23,24)25/h4-9H,3,10H2,1-2H3. The van der Waals surface area contributed by atoms with Gasteiger partial charge in [-0.05, 0) is 31.2 Å². The molecule has 9 nitrogen and oxygen atoms in total. The second-order valence-electron chi connectivity index (χ2n) is 6.57. The largest absolute Gasteiger partial charge is 0.463 e. The first-order valence-corrected chi connectivity index (χ1v) is 10.0. The highest BCUT2D eigenvalue weighted by molar-refractivity contribution is 6.37. The zero-order chi connectivity index (χ0) is 25.7. The van der Waals surface area contributed by atoms with Gasteiger partial charge in [-0.2, -0.15) is 13.2 Å². The van der Waals surface area contributed by atoms with Crippen LogP contribution in [-0.4, -0.2) is 35.8 Å². The minimum Gasteiger partial charge on any atom is -0.463 e. The van der Waals surface area contributed by atoms with Crippen molar-refractivity contribution >= 4 is 35.1 Å². The number of nitro groups is 1. The lowest BCUT2D eigenvalue weighted by atomic mass is 10.2. The average Bonchev–Trinajstić information content (AvgIpc) is 2.74. The first-order valence-electron chi connectivity index (χ1n) is 9.28. The maximum absolute atomic E-state index is 12.9. The summed E-state index contributed by atoms with van der Waals surface area (Å²) in [6, 6.07) is 6.23. The normalized spacial score (nSPS) is 12.9. The molecule has 184 valence electrons. The molecule has 0 bridgehead atoms. The first-order chi connectivity index (χ1) is 15.8. The summed E-state index contributed by atoms with van der Waals surface area (Å²) in [6.45, 7) is 1.47. The molecule has 0 amide bonds. The number of carbonyl (C=O) groups is 2. The van der Waals surface area contributed by atoms with Gasteiger partial charge in [0, 0.05) is 6.07 Å². The Morgan fingerprint density at radius 3 is 2.18 bits per heavy atom. The first kappa shape index (κ1) is 27.0. The predicted octanol–water partition coefficient (Wildman–Crippen LogP) is 5.28. The Morgan fingerprint density at radius 1 is 1.06 bits per heavy atom. The number of rotatable bonds is 9. The van der Waals surface area contributed by atoms with Crippen molar-refractivity contribution in [3.05, 3.63) is 62.1 Å². The van der Waals surface area contributed by atoms with Crippen molar-refractivity contribution in [2.24, 2.45) is 0 Å². The Labute approximate surface area is 200 Å². The van der Waals surface area contributed by atoms with Crippen LogP contribution in [0.15, 0.2) is 36.4 Å². The maximum Gasteiger partial charge on any atom is 0.458 e. The average molecular weight is 526 g/mol. The monoisotopic (exact) mass is 525 g/mol. The van der Waals surface area contributed by atoms with E-state index in [0.717, 1.165) is 13.0 Å². The van der Waals surface area contributed by atoms with Gasteiger partial charge in [0.1, 0.15) is 11.5 Å². The van der Waals surface area contributed by atoms with Crippen LogP contribution in [0.3, 0.4) is 0 Å². The SMILES string of the molecule is CCOC(=O)COC(=O)C(C)(Oc1cccc(Oc2c(Cl)cc(C(F)(F)F)cc2Cl)c1)[N+](=O)[O-]. The molecule has 0 fully saturated rings. The van der Waals surface area contributed by atoms with Crippen molar-refractivity contribution in [3.8, 4) is 17.2 Å². The molecule has 0 aliphatic heterocycles. The van der Waals surface area contributed by atoms with Gasteiger partial charge < -0.3 is 18.9 Å². The molecule has 1 atom stereocenters. The van der Waals surface area contributed by atoms with Crippen LogP contribution in [0.2, 0.25) is 10.0 Å². The van der Waals surface area contributed by atoms with Crippen molar-refractivity contribution in [1.29, 1.82) is 0 Å². The third kappa shape index (κ3) is 6.64. The lowest BCUT2D eigenvalue weighted by Crippen LogP contribution is -2.50. The molecule has 0 spiro atoms. The summed E-state index contributed by atoms with van der Waals surface area (Å²) in [5.41, 5.74) is -3.84. The molecule has 0 aromatic heterocycles. The van der Waals surface area contributed by atoms with Crippen LogP contribution in [0, 0.1) is 10.1 Å². The zero-order valence-corrected chi connectivity index (χ0v) is 19.0. The van der Waals surface area contributed by atoms with Crippen LogP contribution >= 0.6 is 23.2 Å². The van der Waals surface area contributed by atoms with Gasteiger partial charge in [-0.15, -0.1) is 0 Å². The fourth-order valence-electron chi connectivity index (χ4n) is 2.38. The molecular formula is C20H16Cl2F3NO8. The van der Waals surface area contributed by atoms with E-state index in [-0.39, 0.29) is 23.9 Å². The van der Waals surface area contributed by atoms with E-state index in [1.54, 1.807) is 0 Å². The fourth-order valence-corrected chi connectivity index (χ4v) is 2.95. The van der Waals surface area contributed by atoms with Gasteiger partial charge in [-0.25, -0.2) is 9.59 Å². The van der Waals surface area contributed by atoms with Gasteiger partial charge in [0.15, 0.2) is 12.4 Å². The van der Waals surface area contributed by atoms with Crippen LogP contribution in [0.5, 0.6) is 17.2 Å². The van der Waals surface area contributed by atoms with Gasteiger partial charge in [-0.3, -0.25) is 10.1 Å². The summed E-state index contributed by atoms with van der Waals surface area (Å²) < 4.78 is 58.5. The molecule has 2 rings (SSSR count). The molecule has 0 heterocycles. The molecule has 2 aromatic carbocycles. The van der Waals surface area contributed by atoms with Gasteiger partial charge in [-0.1, -0.05) is 29.3 Å². The molecular weight excluding hydrogens is 510 g/mol. The number of esters is 2. The minimum absolute atomic E-state index is 0.0130. The van der Waals surface area contributed by atoms with E-state index in [4.69, 9.17) is 32.7 Å². The van der Waals surface area contributed by atoms with E-state index in [2.05, 4.69) is 9.47 Å². The topological polar surface area (TPSA) is 114 Å². The Balaban J connectivity index is 2.25. The Morgan fingerprint density at radius 2 is 1.65 bits per heavy atom. The highest BCUT2D eigenvalue weighted by Gasteiger charge is 2.51. The number of benzene rings is 2. The van der Waals surface area contributed by atoms with E-state index in [1.807, 2.05) is 0 Å². The number of halogens is 5. The summed E-state index contributed by atoms with van der Waals surface area (Å²) >= 11 is 11.7. The summed E-state index contributed by atoms with van der Waals surface area (Å²) in [6.07, 6.45) is -4.69. The number of alkyl halides is 3. The highest BCUT2D eigenvalue weighted by Crippen LogP contribution is 2.42. The van der Waals surface area contributed by atoms with Crippen molar-refractivity contribution in [2.75, 3.05) is 13.2 Å². The predicted molar refractivity (Wildman–Crippen MR) is 112 cm³/mol. The van der Waals surface area contributed by atoms with Crippen LogP contribution in [-0.2, 0) is 25.2 Å². The number of carbonyl (C=O) groups excluding carboxylic acids is 2. The second-order valence-corrected chi connectivity index (χ2v) is 7.38. The van der Waals surface area contributed by atoms with Crippen LogP contribution in [0.25, 0.3) is 0 Å². The van der Waals surface area contributed by atoms with Crippen LogP contribution in [0.1, 0.15) is 19.4 Å². The van der Waals surface area contributed by atoms with E-state index in [0.29, 0.717) is 12.1 Å². The summed E-state index contributed by atoms with van der Waals surface area (Å²) in [4.78, 5) is 34.0. The summed E-state index contributed by atoms with van der Waals surface area (Å²) in [5, 5.41) is 10.6. The molecule has 34 heavy (non-hydrogen) atoms. The van der Waals surface area contributed by atoms with Gasteiger partial charge in [0.2, 0.25) is 0 Å². The zero-order valence-electron chi connectivity index (χ0n) is 17.5. The molecule has 0 saturated carbocycles. The Kier molecular flexibility index (Phi) is 8.56. The molecule has 0 N–H and O–H groups in total. The molecule has 1 unspecified atom stereocenters. The third-order valence-electron chi connectivity index (χ3n) is 4.02. The van der Waals surface area contributed by atoms with Gasteiger partial charge in [0.05, 0.1) is 34.1 Å². The van der Waals surface area contributed by atoms with Crippen molar-refractivity contribution < 1.29 is 46.6 Å². The maximum atomic E-state index is 12.9. The summed E-state index contributed by atoms with van der Waals surface area (Å²) in [7, 11) is 0. The van der Waals surface area contributed by atoms with Crippen LogP contribution < -0.4 is 9.47 Å². The number of hydrogen-bond donors (Lipinski definition) is 0. The van der Waals surface area contributed by atoms with E-state index >= 15 is 0 Å². The fraction of sp³-hybridized carbons (Fsp3) is 0.300. The van der Waals surface area contributed by atoms with Crippen molar-refractivity contribution in [3.63, 3.8) is 0 Å². The Bertz CT molecular complexity index is 1070. The number of ether oxygens (including phenoxy) is 4. The molecule has 0 radical (unpaired) electrons.